The predicted octanol–water partition coefficient (Wildman–Crippen LogP) is 4.33. The van der Waals surface area contributed by atoms with Crippen molar-refractivity contribution >= 4 is 21.6 Å². The van der Waals surface area contributed by atoms with Crippen LogP contribution in [-0.4, -0.2) is 43.2 Å². The van der Waals surface area contributed by atoms with Crippen LogP contribution in [-0.2, 0) is 19.4 Å². The molecule has 4 rings (SSSR count). The first-order valence-corrected chi connectivity index (χ1v) is 11.7. The van der Waals surface area contributed by atoms with E-state index in [9.17, 15) is 4.79 Å². The molecule has 2 heterocycles. The van der Waals surface area contributed by atoms with Crippen molar-refractivity contribution in [1.82, 2.24) is 14.9 Å². The average Bonchev–Trinajstić information content (AvgIpc) is 3.15. The SMILES string of the molecule is COc1ccc(CN(C)[C@@H](C)c2nc3sc4c(c3c(=O)[nH]2)CC[C@@H](C)C4)c(OC)c1OC. The maximum absolute atomic E-state index is 13.0. The predicted molar refractivity (Wildman–Crippen MR) is 127 cm³/mol. The Balaban J connectivity index is 1.64. The number of thiophene rings is 1. The van der Waals surface area contributed by atoms with E-state index in [0.29, 0.717) is 35.5 Å². The van der Waals surface area contributed by atoms with E-state index in [0.717, 1.165) is 35.0 Å². The molecule has 32 heavy (non-hydrogen) atoms. The van der Waals surface area contributed by atoms with Crippen LogP contribution in [0, 0.1) is 5.92 Å². The Labute approximate surface area is 192 Å². The van der Waals surface area contributed by atoms with E-state index in [4.69, 9.17) is 19.2 Å². The fourth-order valence-corrected chi connectivity index (χ4v) is 5.86. The van der Waals surface area contributed by atoms with Crippen LogP contribution in [0.4, 0.5) is 0 Å². The third kappa shape index (κ3) is 3.97. The number of H-pyrrole nitrogens is 1. The summed E-state index contributed by atoms with van der Waals surface area (Å²) in [5, 5.41) is 0.789. The zero-order valence-electron chi connectivity index (χ0n) is 19.6. The van der Waals surface area contributed by atoms with Crippen molar-refractivity contribution < 1.29 is 14.2 Å². The molecule has 2 aromatic heterocycles. The second-order valence-corrected chi connectivity index (χ2v) is 9.65. The van der Waals surface area contributed by atoms with Gasteiger partial charge in [-0.15, -0.1) is 11.3 Å². The number of hydrogen-bond donors (Lipinski definition) is 1. The van der Waals surface area contributed by atoms with Gasteiger partial charge in [-0.2, -0.15) is 0 Å². The highest BCUT2D eigenvalue weighted by Crippen LogP contribution is 2.41. The minimum absolute atomic E-state index is 0.0269. The van der Waals surface area contributed by atoms with Gasteiger partial charge < -0.3 is 19.2 Å². The van der Waals surface area contributed by atoms with Gasteiger partial charge in [0.05, 0.1) is 32.8 Å². The molecule has 0 fully saturated rings. The van der Waals surface area contributed by atoms with Gasteiger partial charge in [-0.05, 0) is 50.8 Å². The Hall–Kier alpha value is -2.58. The third-order valence-corrected chi connectivity index (χ3v) is 7.59. The summed E-state index contributed by atoms with van der Waals surface area (Å²) in [7, 11) is 6.83. The summed E-state index contributed by atoms with van der Waals surface area (Å²) < 4.78 is 16.5. The van der Waals surface area contributed by atoms with Crippen LogP contribution >= 0.6 is 11.3 Å². The zero-order chi connectivity index (χ0) is 23.0. The molecule has 8 heteroatoms. The Morgan fingerprint density at radius 2 is 1.97 bits per heavy atom. The Morgan fingerprint density at radius 1 is 1.22 bits per heavy atom. The largest absolute Gasteiger partial charge is 0.493 e. The summed E-state index contributed by atoms with van der Waals surface area (Å²) in [4.78, 5) is 25.2. The van der Waals surface area contributed by atoms with Crippen LogP contribution in [0.3, 0.4) is 0 Å². The lowest BCUT2D eigenvalue weighted by molar-refractivity contribution is 0.238. The summed E-state index contributed by atoms with van der Waals surface area (Å²) in [5.74, 6) is 3.17. The Morgan fingerprint density at radius 3 is 2.66 bits per heavy atom. The van der Waals surface area contributed by atoms with Crippen molar-refractivity contribution in [3.63, 3.8) is 0 Å². The van der Waals surface area contributed by atoms with Crippen molar-refractivity contribution in [2.45, 2.75) is 45.7 Å². The third-order valence-electron chi connectivity index (χ3n) is 6.45. The van der Waals surface area contributed by atoms with Crippen molar-refractivity contribution in [1.29, 1.82) is 0 Å². The number of aromatic amines is 1. The number of rotatable bonds is 7. The second-order valence-electron chi connectivity index (χ2n) is 8.57. The number of fused-ring (bicyclic) bond motifs is 3. The highest BCUT2D eigenvalue weighted by molar-refractivity contribution is 7.18. The molecule has 1 aliphatic rings. The number of benzene rings is 1. The smallest absolute Gasteiger partial charge is 0.259 e. The minimum atomic E-state index is -0.0945. The molecule has 0 aliphatic heterocycles. The summed E-state index contributed by atoms with van der Waals surface area (Å²) >= 11 is 1.68. The van der Waals surface area contributed by atoms with Gasteiger partial charge in [-0.25, -0.2) is 4.98 Å². The van der Waals surface area contributed by atoms with Gasteiger partial charge in [0, 0.05) is 17.0 Å². The molecule has 0 bridgehead atoms. The molecular formula is C24H31N3O4S. The van der Waals surface area contributed by atoms with Gasteiger partial charge in [0.25, 0.3) is 5.56 Å². The van der Waals surface area contributed by atoms with Gasteiger partial charge in [0.15, 0.2) is 11.5 Å². The lowest BCUT2D eigenvalue weighted by Gasteiger charge is -2.25. The Bertz CT molecular complexity index is 1190. The van der Waals surface area contributed by atoms with Crippen LogP contribution in [0.1, 0.15) is 48.1 Å². The van der Waals surface area contributed by atoms with Crippen molar-refractivity contribution in [3.05, 3.63) is 44.3 Å². The first kappa shape index (κ1) is 22.6. The second kappa shape index (κ2) is 9.11. The topological polar surface area (TPSA) is 76.7 Å². The van der Waals surface area contributed by atoms with Crippen LogP contribution in [0.15, 0.2) is 16.9 Å². The van der Waals surface area contributed by atoms with Crippen LogP contribution in [0.2, 0.25) is 0 Å². The molecule has 2 atom stereocenters. The van der Waals surface area contributed by atoms with Crippen LogP contribution in [0.5, 0.6) is 17.2 Å². The molecule has 172 valence electrons. The van der Waals surface area contributed by atoms with Gasteiger partial charge in [0.1, 0.15) is 10.7 Å². The summed E-state index contributed by atoms with van der Waals surface area (Å²) in [6.45, 7) is 4.91. The lowest BCUT2D eigenvalue weighted by Crippen LogP contribution is -2.26. The van der Waals surface area contributed by atoms with E-state index in [2.05, 4.69) is 16.8 Å². The standard InChI is InChI=1S/C24H31N3O4S/c1-13-7-9-16-18(11-13)32-24-19(16)23(28)25-22(26-24)14(2)27(3)12-15-8-10-17(29-4)21(31-6)20(15)30-5/h8,10,13-14H,7,9,11-12H2,1-6H3,(H,25,26,28)/t13-,14+/m1/s1. The molecule has 7 nitrogen and oxygen atoms in total. The number of aryl methyl sites for hydroxylation is 1. The van der Waals surface area contributed by atoms with E-state index in [1.165, 1.54) is 10.4 Å². The molecular weight excluding hydrogens is 426 g/mol. The monoisotopic (exact) mass is 457 g/mol. The molecule has 1 aromatic carbocycles. The number of ether oxygens (including phenoxy) is 3. The molecule has 3 aromatic rings. The summed E-state index contributed by atoms with van der Waals surface area (Å²) in [6, 6.07) is 3.75. The highest BCUT2D eigenvalue weighted by Gasteiger charge is 2.25. The van der Waals surface area contributed by atoms with Crippen molar-refractivity contribution in [3.8, 4) is 17.2 Å². The fraction of sp³-hybridized carbons (Fsp3) is 0.500. The van der Waals surface area contributed by atoms with Gasteiger partial charge in [-0.3, -0.25) is 9.69 Å². The lowest BCUT2D eigenvalue weighted by atomic mass is 9.89. The van der Waals surface area contributed by atoms with Crippen molar-refractivity contribution in [2.24, 2.45) is 5.92 Å². The zero-order valence-corrected chi connectivity index (χ0v) is 20.4. The average molecular weight is 458 g/mol. The van der Waals surface area contributed by atoms with E-state index in [1.807, 2.05) is 26.1 Å². The summed E-state index contributed by atoms with van der Waals surface area (Å²) in [5.41, 5.74) is 2.14. The Kier molecular flexibility index (Phi) is 6.44. The van der Waals surface area contributed by atoms with Gasteiger partial charge in [0.2, 0.25) is 5.75 Å². The maximum atomic E-state index is 13.0. The van der Waals surface area contributed by atoms with Crippen LogP contribution < -0.4 is 19.8 Å². The van der Waals surface area contributed by atoms with Gasteiger partial charge >= 0.3 is 0 Å². The maximum Gasteiger partial charge on any atom is 0.259 e. The quantitative estimate of drug-likeness (QED) is 0.569. The number of nitrogens with zero attached hydrogens (tertiary/aromatic N) is 2. The number of aromatic nitrogens is 2. The summed E-state index contributed by atoms with van der Waals surface area (Å²) in [6.07, 6.45) is 3.14. The molecule has 1 N–H and O–H groups in total. The highest BCUT2D eigenvalue weighted by atomic mass is 32.1. The molecule has 0 saturated carbocycles. The fourth-order valence-electron chi connectivity index (χ4n) is 4.47. The first-order chi connectivity index (χ1) is 15.4. The first-order valence-electron chi connectivity index (χ1n) is 10.9. The molecule has 1 aliphatic carbocycles. The number of nitrogens with one attached hydrogen (secondary N) is 1. The number of methoxy groups -OCH3 is 3. The molecule has 0 radical (unpaired) electrons. The van der Waals surface area contributed by atoms with E-state index in [-0.39, 0.29) is 11.6 Å². The van der Waals surface area contributed by atoms with E-state index in [1.54, 1.807) is 32.7 Å². The van der Waals surface area contributed by atoms with E-state index >= 15 is 0 Å². The van der Waals surface area contributed by atoms with Crippen LogP contribution in [0.25, 0.3) is 10.2 Å². The van der Waals surface area contributed by atoms with Crippen molar-refractivity contribution in [2.75, 3.05) is 28.4 Å². The molecule has 0 unspecified atom stereocenters. The minimum Gasteiger partial charge on any atom is -0.493 e. The van der Waals surface area contributed by atoms with E-state index < -0.39 is 0 Å². The molecule has 0 saturated heterocycles. The van der Waals surface area contributed by atoms with Gasteiger partial charge in [-0.1, -0.05) is 13.0 Å². The normalized spacial score (nSPS) is 16.8. The molecule has 0 spiro atoms. The molecule has 0 amide bonds. The number of hydrogen-bond acceptors (Lipinski definition) is 7.